The molecule has 30 heavy (non-hydrogen) atoms. The number of nitrogens with one attached hydrogen (secondary N) is 3. The molecule has 0 saturated carbocycles. The van der Waals surface area contributed by atoms with Gasteiger partial charge < -0.3 is 15.0 Å². The van der Waals surface area contributed by atoms with E-state index < -0.39 is 23.8 Å². The molecule has 1 aromatic heterocycles. The second-order valence-corrected chi connectivity index (χ2v) is 7.91. The highest BCUT2D eigenvalue weighted by molar-refractivity contribution is 7.09. The van der Waals surface area contributed by atoms with Crippen LogP contribution in [-0.4, -0.2) is 59.9 Å². The molecule has 2 aliphatic heterocycles. The lowest BCUT2D eigenvalue weighted by atomic mass is 9.98. The van der Waals surface area contributed by atoms with Gasteiger partial charge in [-0.3, -0.25) is 25.2 Å². The lowest BCUT2D eigenvalue weighted by Gasteiger charge is -2.30. The molecule has 0 aliphatic carbocycles. The average molecular weight is 433 g/mol. The predicted molar refractivity (Wildman–Crippen MR) is 107 cm³/mol. The zero-order valence-corrected chi connectivity index (χ0v) is 17.1. The van der Waals surface area contributed by atoms with Gasteiger partial charge in [-0.2, -0.15) is 0 Å². The Balaban J connectivity index is 1.47. The number of thiazole rings is 1. The lowest BCUT2D eigenvalue weighted by molar-refractivity contribution is -0.137. The maximum Gasteiger partial charge on any atom is 0.410 e. The molecule has 2 fully saturated rings. The van der Waals surface area contributed by atoms with Crippen molar-refractivity contribution in [3.63, 3.8) is 0 Å². The van der Waals surface area contributed by atoms with Gasteiger partial charge in [0.2, 0.25) is 5.91 Å². The number of likely N-dealkylation sites (tertiary alicyclic amines) is 1. The number of hydrazine groups is 1. The van der Waals surface area contributed by atoms with E-state index in [0.29, 0.717) is 45.3 Å². The molecule has 2 saturated heterocycles. The standard InChI is InChI=1S/C19H23N5O5S/c1-2-10-29-19(28)24-8-5-12(6-9-24)18-21-14(11-30-18)17(27)23-22-16(26)13-4-3-7-20-15(13)25/h1,11-13H,3-10H2,(H,20,25)(H,22,26)(H,23,27). The van der Waals surface area contributed by atoms with Gasteiger partial charge >= 0.3 is 6.09 Å². The molecular weight excluding hydrogens is 410 g/mol. The number of aromatic nitrogens is 1. The van der Waals surface area contributed by atoms with Crippen molar-refractivity contribution in [2.24, 2.45) is 5.92 Å². The van der Waals surface area contributed by atoms with Crippen molar-refractivity contribution in [3.05, 3.63) is 16.1 Å². The van der Waals surface area contributed by atoms with Crippen molar-refractivity contribution in [3.8, 4) is 12.3 Å². The number of carbonyl (C=O) groups is 4. The van der Waals surface area contributed by atoms with Crippen LogP contribution in [0.4, 0.5) is 4.79 Å². The fraction of sp³-hybridized carbons (Fsp3) is 0.526. The van der Waals surface area contributed by atoms with Crippen molar-refractivity contribution in [1.82, 2.24) is 26.1 Å². The average Bonchev–Trinajstić information content (AvgIpc) is 3.26. The first-order valence-electron chi connectivity index (χ1n) is 9.68. The highest BCUT2D eigenvalue weighted by atomic mass is 32.1. The molecule has 3 heterocycles. The lowest BCUT2D eigenvalue weighted by Crippen LogP contribution is -2.50. The van der Waals surface area contributed by atoms with Crippen LogP contribution in [0.25, 0.3) is 0 Å². The molecule has 1 atom stereocenters. The third-order valence-corrected chi connectivity index (χ3v) is 6.04. The quantitative estimate of drug-likeness (QED) is 0.358. The normalized spacial score (nSPS) is 19.4. The number of terminal acetylenes is 1. The smallest absolute Gasteiger partial charge is 0.410 e. The van der Waals surface area contributed by atoms with Crippen LogP contribution in [0.1, 0.15) is 47.1 Å². The van der Waals surface area contributed by atoms with E-state index in [1.807, 2.05) is 0 Å². The Morgan fingerprint density at radius 1 is 1.30 bits per heavy atom. The third-order valence-electron chi connectivity index (χ3n) is 5.04. The summed E-state index contributed by atoms with van der Waals surface area (Å²) in [5.41, 5.74) is 4.81. The monoisotopic (exact) mass is 433 g/mol. The van der Waals surface area contributed by atoms with Crippen LogP contribution in [0.2, 0.25) is 0 Å². The maximum absolute atomic E-state index is 12.3. The molecule has 1 unspecified atom stereocenters. The number of amides is 4. The molecule has 4 amide bonds. The van der Waals surface area contributed by atoms with Crippen molar-refractivity contribution in [2.45, 2.75) is 31.6 Å². The summed E-state index contributed by atoms with van der Waals surface area (Å²) < 4.78 is 4.93. The SMILES string of the molecule is C#CCOC(=O)N1CCC(c2nc(C(=O)NNC(=O)C3CCCNC3=O)cs2)CC1. The van der Waals surface area contributed by atoms with E-state index >= 15 is 0 Å². The van der Waals surface area contributed by atoms with Crippen LogP contribution in [0, 0.1) is 18.3 Å². The van der Waals surface area contributed by atoms with Gasteiger partial charge in [-0.25, -0.2) is 9.78 Å². The highest BCUT2D eigenvalue weighted by Gasteiger charge is 2.30. The summed E-state index contributed by atoms with van der Waals surface area (Å²) in [4.78, 5) is 53.9. The van der Waals surface area contributed by atoms with E-state index in [0.717, 1.165) is 5.01 Å². The zero-order chi connectivity index (χ0) is 21.5. The molecule has 0 radical (unpaired) electrons. The van der Waals surface area contributed by atoms with Gasteiger partial charge in [0.1, 0.15) is 11.6 Å². The highest BCUT2D eigenvalue weighted by Crippen LogP contribution is 2.30. The molecule has 160 valence electrons. The molecule has 1 aromatic rings. The first-order chi connectivity index (χ1) is 14.5. The number of rotatable bonds is 4. The van der Waals surface area contributed by atoms with Crippen molar-refractivity contribution in [1.29, 1.82) is 0 Å². The van der Waals surface area contributed by atoms with Crippen LogP contribution in [-0.2, 0) is 14.3 Å². The van der Waals surface area contributed by atoms with E-state index in [-0.39, 0.29) is 24.1 Å². The zero-order valence-electron chi connectivity index (χ0n) is 16.3. The van der Waals surface area contributed by atoms with E-state index in [4.69, 9.17) is 11.2 Å². The number of hydrogen-bond donors (Lipinski definition) is 3. The summed E-state index contributed by atoms with van der Waals surface area (Å²) in [6.45, 7) is 1.55. The van der Waals surface area contributed by atoms with Crippen LogP contribution >= 0.6 is 11.3 Å². The number of ether oxygens (including phenoxy) is 1. The Labute approximate surface area is 177 Å². The fourth-order valence-electron chi connectivity index (χ4n) is 3.37. The summed E-state index contributed by atoms with van der Waals surface area (Å²) >= 11 is 1.36. The van der Waals surface area contributed by atoms with Crippen LogP contribution < -0.4 is 16.2 Å². The largest absolute Gasteiger partial charge is 0.436 e. The van der Waals surface area contributed by atoms with Gasteiger partial charge in [0.05, 0.1) is 5.01 Å². The minimum absolute atomic E-state index is 0.0499. The molecule has 0 aromatic carbocycles. The second-order valence-electron chi connectivity index (χ2n) is 7.02. The number of hydrogen-bond acceptors (Lipinski definition) is 7. The van der Waals surface area contributed by atoms with Crippen molar-refractivity contribution < 1.29 is 23.9 Å². The molecule has 0 spiro atoms. The predicted octanol–water partition coefficient (Wildman–Crippen LogP) is 0.380. The van der Waals surface area contributed by atoms with Crippen molar-refractivity contribution >= 4 is 35.2 Å². The summed E-state index contributed by atoms with van der Waals surface area (Å²) in [6, 6.07) is 0. The molecule has 2 aliphatic rings. The van der Waals surface area contributed by atoms with Gasteiger partial charge in [0.25, 0.3) is 11.8 Å². The van der Waals surface area contributed by atoms with Gasteiger partial charge in [-0.05, 0) is 25.7 Å². The van der Waals surface area contributed by atoms with E-state index in [1.165, 1.54) is 11.3 Å². The van der Waals surface area contributed by atoms with Crippen LogP contribution in [0.5, 0.6) is 0 Å². The molecule has 10 nitrogen and oxygen atoms in total. The molecule has 3 N–H and O–H groups in total. The van der Waals surface area contributed by atoms with Crippen LogP contribution in [0.15, 0.2) is 5.38 Å². The summed E-state index contributed by atoms with van der Waals surface area (Å²) in [7, 11) is 0. The van der Waals surface area contributed by atoms with E-state index in [9.17, 15) is 19.2 Å². The second kappa shape index (κ2) is 10.1. The summed E-state index contributed by atoms with van der Waals surface area (Å²) in [5.74, 6) is 0.171. The van der Waals surface area contributed by atoms with Gasteiger partial charge in [0, 0.05) is 30.9 Å². The molecule has 11 heteroatoms. The van der Waals surface area contributed by atoms with Crippen LogP contribution in [0.3, 0.4) is 0 Å². The molecule has 3 rings (SSSR count). The van der Waals surface area contributed by atoms with E-state index in [2.05, 4.69) is 27.1 Å². The third kappa shape index (κ3) is 5.27. The number of piperidine rings is 2. The van der Waals surface area contributed by atoms with E-state index in [1.54, 1.807) is 10.3 Å². The molecular formula is C19H23N5O5S. The van der Waals surface area contributed by atoms with Gasteiger partial charge in [0.15, 0.2) is 6.61 Å². The first-order valence-corrected chi connectivity index (χ1v) is 10.6. The van der Waals surface area contributed by atoms with Crippen molar-refractivity contribution in [2.75, 3.05) is 26.2 Å². The Morgan fingerprint density at radius 3 is 2.77 bits per heavy atom. The fourth-order valence-corrected chi connectivity index (χ4v) is 4.35. The Hall–Kier alpha value is -3.13. The topological polar surface area (TPSA) is 130 Å². The maximum atomic E-state index is 12.3. The summed E-state index contributed by atoms with van der Waals surface area (Å²) in [5, 5.41) is 5.05. The molecule has 0 bridgehead atoms. The number of carbonyl (C=O) groups excluding carboxylic acids is 4. The number of nitrogens with zero attached hydrogens (tertiary/aromatic N) is 2. The Kier molecular flexibility index (Phi) is 7.24. The Morgan fingerprint density at radius 2 is 2.07 bits per heavy atom. The first kappa shape index (κ1) is 21.6. The minimum Gasteiger partial charge on any atom is -0.436 e. The summed E-state index contributed by atoms with van der Waals surface area (Å²) in [6.07, 6.45) is 7.23. The minimum atomic E-state index is -0.803. The van der Waals surface area contributed by atoms with Gasteiger partial charge in [-0.15, -0.1) is 17.8 Å². The van der Waals surface area contributed by atoms with Gasteiger partial charge in [-0.1, -0.05) is 5.92 Å². The Bertz CT molecular complexity index is 856.